The summed E-state index contributed by atoms with van der Waals surface area (Å²) < 4.78 is 45.7. The molecule has 2 heterocycles. The molecule has 6 nitrogen and oxygen atoms in total. The van der Waals surface area contributed by atoms with Gasteiger partial charge in [0.2, 0.25) is 10.0 Å². The van der Waals surface area contributed by atoms with Crippen molar-refractivity contribution < 1.29 is 17.3 Å². The molecule has 3 rings (SSSR count). The van der Waals surface area contributed by atoms with Crippen LogP contribution in [0.25, 0.3) is 10.9 Å². The molecule has 0 unspecified atom stereocenters. The Bertz CT molecular complexity index is 986. The van der Waals surface area contributed by atoms with Crippen LogP contribution in [0, 0.1) is 26.6 Å². The summed E-state index contributed by atoms with van der Waals surface area (Å²) in [6, 6.07) is 4.52. The number of halogens is 1. The number of hydrogen-bond donors (Lipinski definition) is 2. The van der Waals surface area contributed by atoms with Crippen molar-refractivity contribution in [1.29, 1.82) is 0 Å². The van der Waals surface area contributed by atoms with Gasteiger partial charge in [0.15, 0.2) is 5.76 Å². The van der Waals surface area contributed by atoms with Gasteiger partial charge in [-0.15, -0.1) is 0 Å². The summed E-state index contributed by atoms with van der Waals surface area (Å²) in [6.45, 7) is 5.21. The summed E-state index contributed by atoms with van der Waals surface area (Å²) in [5, 5.41) is 4.43. The average molecular weight is 351 g/mol. The van der Waals surface area contributed by atoms with Gasteiger partial charge in [0, 0.05) is 23.1 Å². The predicted molar refractivity (Wildman–Crippen MR) is 87.9 cm³/mol. The zero-order valence-corrected chi connectivity index (χ0v) is 14.4. The van der Waals surface area contributed by atoms with Gasteiger partial charge in [0.25, 0.3) is 0 Å². The van der Waals surface area contributed by atoms with E-state index in [4.69, 9.17) is 4.52 Å². The Labute approximate surface area is 139 Å². The van der Waals surface area contributed by atoms with E-state index in [1.165, 1.54) is 12.1 Å². The first kappa shape index (κ1) is 16.7. The van der Waals surface area contributed by atoms with Crippen LogP contribution in [-0.2, 0) is 16.4 Å². The highest BCUT2D eigenvalue weighted by Gasteiger charge is 2.23. The van der Waals surface area contributed by atoms with Crippen LogP contribution < -0.4 is 4.72 Å². The molecule has 1 aromatic carbocycles. The number of aromatic nitrogens is 2. The van der Waals surface area contributed by atoms with Crippen molar-refractivity contribution in [2.24, 2.45) is 0 Å². The van der Waals surface area contributed by atoms with Gasteiger partial charge in [0.1, 0.15) is 16.4 Å². The average Bonchev–Trinajstić information content (AvgIpc) is 2.99. The third kappa shape index (κ3) is 2.94. The van der Waals surface area contributed by atoms with Crippen LogP contribution in [0.15, 0.2) is 27.6 Å². The van der Waals surface area contributed by atoms with E-state index in [9.17, 15) is 12.8 Å². The SMILES string of the molecule is Cc1noc(C)c1S(=O)(=O)NCCc1c(C)[nH]c2ccc(F)cc12. The lowest BCUT2D eigenvalue weighted by Crippen LogP contribution is -2.27. The molecular weight excluding hydrogens is 333 g/mol. The first-order valence-corrected chi connectivity index (χ1v) is 8.97. The van der Waals surface area contributed by atoms with Gasteiger partial charge in [-0.3, -0.25) is 0 Å². The Morgan fingerprint density at radius 2 is 2.04 bits per heavy atom. The largest absolute Gasteiger partial charge is 0.360 e. The number of sulfonamides is 1. The fraction of sp³-hybridized carbons (Fsp3) is 0.312. The minimum atomic E-state index is -3.70. The first-order chi connectivity index (χ1) is 11.3. The zero-order valence-electron chi connectivity index (χ0n) is 13.6. The lowest BCUT2D eigenvalue weighted by molar-refractivity contribution is 0.390. The van der Waals surface area contributed by atoms with Gasteiger partial charge in [0.05, 0.1) is 0 Å². The molecule has 0 aliphatic heterocycles. The zero-order chi connectivity index (χ0) is 17.5. The monoisotopic (exact) mass is 351 g/mol. The van der Waals surface area contributed by atoms with E-state index >= 15 is 0 Å². The van der Waals surface area contributed by atoms with Crippen molar-refractivity contribution in [2.45, 2.75) is 32.1 Å². The topological polar surface area (TPSA) is 88.0 Å². The summed E-state index contributed by atoms with van der Waals surface area (Å²) in [6.07, 6.45) is 0.442. The van der Waals surface area contributed by atoms with Crippen LogP contribution in [-0.4, -0.2) is 25.1 Å². The Balaban J connectivity index is 1.80. The lowest BCUT2D eigenvalue weighted by atomic mass is 10.1. The molecule has 2 N–H and O–H groups in total. The first-order valence-electron chi connectivity index (χ1n) is 7.49. The van der Waals surface area contributed by atoms with E-state index in [0.29, 0.717) is 12.1 Å². The molecular formula is C16H18FN3O3S. The Hall–Kier alpha value is -2.19. The van der Waals surface area contributed by atoms with Crippen molar-refractivity contribution in [2.75, 3.05) is 6.54 Å². The fourth-order valence-corrected chi connectivity index (χ4v) is 4.27. The third-order valence-electron chi connectivity index (χ3n) is 3.99. The summed E-state index contributed by atoms with van der Waals surface area (Å²) in [5.41, 5.74) is 2.95. The van der Waals surface area contributed by atoms with Crippen molar-refractivity contribution in [3.05, 3.63) is 46.7 Å². The molecule has 0 atom stereocenters. The fourth-order valence-electron chi connectivity index (χ4n) is 2.92. The van der Waals surface area contributed by atoms with Crippen LogP contribution in [0.2, 0.25) is 0 Å². The van der Waals surface area contributed by atoms with Crippen LogP contribution in [0.3, 0.4) is 0 Å². The number of rotatable bonds is 5. The van der Waals surface area contributed by atoms with Crippen LogP contribution in [0.5, 0.6) is 0 Å². The van der Waals surface area contributed by atoms with E-state index in [0.717, 1.165) is 22.2 Å². The van der Waals surface area contributed by atoms with E-state index in [2.05, 4.69) is 14.9 Å². The molecule has 3 aromatic rings. The van der Waals surface area contributed by atoms with Gasteiger partial charge >= 0.3 is 0 Å². The molecule has 0 aliphatic rings. The molecule has 8 heteroatoms. The minimum absolute atomic E-state index is 0.0733. The quantitative estimate of drug-likeness (QED) is 0.740. The number of nitrogens with one attached hydrogen (secondary N) is 2. The number of fused-ring (bicyclic) bond motifs is 1. The minimum Gasteiger partial charge on any atom is -0.360 e. The molecule has 0 amide bonds. The highest BCUT2D eigenvalue weighted by Crippen LogP contribution is 2.24. The number of H-pyrrole nitrogens is 1. The van der Waals surface area contributed by atoms with Crippen LogP contribution in [0.4, 0.5) is 4.39 Å². The number of aryl methyl sites for hydroxylation is 3. The van der Waals surface area contributed by atoms with Crippen molar-refractivity contribution in [3.8, 4) is 0 Å². The highest BCUT2D eigenvalue weighted by molar-refractivity contribution is 7.89. The molecule has 0 radical (unpaired) electrons. The highest BCUT2D eigenvalue weighted by atomic mass is 32.2. The summed E-state index contributed by atoms with van der Waals surface area (Å²) in [5.74, 6) is -0.0654. The number of benzene rings is 1. The Morgan fingerprint density at radius 3 is 2.71 bits per heavy atom. The normalized spacial score (nSPS) is 12.2. The van der Waals surface area contributed by atoms with Gasteiger partial charge in [-0.25, -0.2) is 17.5 Å². The summed E-state index contributed by atoms with van der Waals surface area (Å²) in [4.78, 5) is 3.25. The molecule has 0 spiro atoms. The van der Waals surface area contributed by atoms with E-state index < -0.39 is 10.0 Å². The molecule has 2 aromatic heterocycles. The van der Waals surface area contributed by atoms with Gasteiger partial charge in [-0.2, -0.15) is 0 Å². The van der Waals surface area contributed by atoms with Crippen LogP contribution >= 0.6 is 0 Å². The number of hydrogen-bond acceptors (Lipinski definition) is 4. The van der Waals surface area contributed by atoms with E-state index in [1.54, 1.807) is 19.9 Å². The van der Waals surface area contributed by atoms with Crippen molar-refractivity contribution >= 4 is 20.9 Å². The molecule has 0 saturated carbocycles. The molecule has 0 aliphatic carbocycles. The molecule has 0 bridgehead atoms. The smallest absolute Gasteiger partial charge is 0.245 e. The summed E-state index contributed by atoms with van der Waals surface area (Å²) in [7, 11) is -3.70. The molecule has 0 saturated heterocycles. The maximum atomic E-state index is 13.5. The predicted octanol–water partition coefficient (Wildman–Crippen LogP) is 2.74. The number of nitrogens with zero attached hydrogens (tertiary/aromatic N) is 1. The van der Waals surface area contributed by atoms with Crippen molar-refractivity contribution in [3.63, 3.8) is 0 Å². The van der Waals surface area contributed by atoms with Crippen molar-refractivity contribution in [1.82, 2.24) is 14.9 Å². The molecule has 24 heavy (non-hydrogen) atoms. The Kier molecular flexibility index (Phi) is 4.18. The van der Waals surface area contributed by atoms with Crippen LogP contribution in [0.1, 0.15) is 22.7 Å². The second-order valence-electron chi connectivity index (χ2n) is 5.72. The van der Waals surface area contributed by atoms with Gasteiger partial charge < -0.3 is 9.51 Å². The summed E-state index contributed by atoms with van der Waals surface area (Å²) >= 11 is 0. The lowest BCUT2D eigenvalue weighted by Gasteiger charge is -2.06. The van der Waals surface area contributed by atoms with Gasteiger partial charge in [-0.1, -0.05) is 5.16 Å². The maximum Gasteiger partial charge on any atom is 0.245 e. The Morgan fingerprint density at radius 1 is 1.29 bits per heavy atom. The second kappa shape index (κ2) is 6.03. The second-order valence-corrected chi connectivity index (χ2v) is 7.42. The number of aromatic amines is 1. The molecule has 0 fully saturated rings. The van der Waals surface area contributed by atoms with Gasteiger partial charge in [-0.05, 0) is 51.0 Å². The maximum absolute atomic E-state index is 13.5. The third-order valence-corrected chi connectivity index (χ3v) is 5.69. The van der Waals surface area contributed by atoms with E-state index in [1.807, 2.05) is 6.92 Å². The standard InChI is InChI=1S/C16H18FN3O3S/c1-9-13(14-8-12(17)4-5-15(14)19-9)6-7-18-24(21,22)16-10(2)20-23-11(16)3/h4-5,8,18-19H,6-7H2,1-3H3. The van der Waals surface area contributed by atoms with E-state index in [-0.39, 0.29) is 23.0 Å². The molecule has 128 valence electrons.